The molecule has 1 fully saturated rings. The second-order valence-corrected chi connectivity index (χ2v) is 8.96. The third-order valence-corrected chi connectivity index (χ3v) is 6.10. The standard InChI is InChI=1S/C24H24BrNO6S/c1-4-30-19-11-17(10-18(25)22(19)32-14-16-8-6-15(3)7-9-16)12-20-23(28)26(24(29)33-20)13-21(27)31-5-2/h6-12H,4-5,13-14H2,1-3H3/b20-12+. The van der Waals surface area contributed by atoms with Crippen molar-refractivity contribution in [2.75, 3.05) is 19.8 Å². The predicted octanol–water partition coefficient (Wildman–Crippen LogP) is 5.33. The summed E-state index contributed by atoms with van der Waals surface area (Å²) in [5, 5.41) is -0.513. The number of halogens is 1. The minimum Gasteiger partial charge on any atom is -0.490 e. The Hall–Kier alpha value is -2.78. The van der Waals surface area contributed by atoms with E-state index in [-0.39, 0.29) is 11.5 Å². The van der Waals surface area contributed by atoms with Crippen LogP contribution in [0.4, 0.5) is 4.79 Å². The van der Waals surface area contributed by atoms with Gasteiger partial charge in [0, 0.05) is 0 Å². The smallest absolute Gasteiger partial charge is 0.326 e. The zero-order valence-corrected chi connectivity index (χ0v) is 21.0. The lowest BCUT2D eigenvalue weighted by molar-refractivity contribution is -0.145. The fourth-order valence-electron chi connectivity index (χ4n) is 3.04. The Bertz CT molecular complexity index is 1080. The number of aryl methyl sites for hydroxylation is 1. The summed E-state index contributed by atoms with van der Waals surface area (Å²) in [4.78, 5) is 37.7. The Labute approximate surface area is 205 Å². The molecule has 1 heterocycles. The van der Waals surface area contributed by atoms with Crippen molar-refractivity contribution in [3.63, 3.8) is 0 Å². The zero-order valence-electron chi connectivity index (χ0n) is 18.6. The van der Waals surface area contributed by atoms with Crippen molar-refractivity contribution in [1.82, 2.24) is 4.90 Å². The van der Waals surface area contributed by atoms with Crippen molar-refractivity contribution >= 4 is 50.9 Å². The molecule has 174 valence electrons. The van der Waals surface area contributed by atoms with Crippen LogP contribution in [0.3, 0.4) is 0 Å². The Morgan fingerprint density at radius 3 is 2.48 bits per heavy atom. The van der Waals surface area contributed by atoms with E-state index < -0.39 is 23.7 Å². The fraction of sp³-hybridized carbons (Fsp3) is 0.292. The second kappa shape index (κ2) is 11.4. The van der Waals surface area contributed by atoms with E-state index in [9.17, 15) is 14.4 Å². The summed E-state index contributed by atoms with van der Waals surface area (Å²) in [7, 11) is 0. The van der Waals surface area contributed by atoms with Crippen LogP contribution in [-0.4, -0.2) is 41.8 Å². The number of thioether (sulfide) groups is 1. The number of imide groups is 1. The SMILES string of the molecule is CCOC(=O)CN1C(=O)S/C(=C/c2cc(Br)c(OCc3ccc(C)cc3)c(OCC)c2)C1=O. The number of rotatable bonds is 9. The number of hydrogen-bond acceptors (Lipinski definition) is 7. The molecule has 7 nitrogen and oxygen atoms in total. The molecule has 0 atom stereocenters. The van der Waals surface area contributed by atoms with Gasteiger partial charge in [-0.1, -0.05) is 29.8 Å². The normalized spacial score (nSPS) is 14.7. The van der Waals surface area contributed by atoms with Crippen LogP contribution in [0, 0.1) is 6.92 Å². The molecule has 1 aliphatic heterocycles. The van der Waals surface area contributed by atoms with Crippen LogP contribution in [-0.2, 0) is 20.9 Å². The summed E-state index contributed by atoms with van der Waals surface area (Å²) in [5.41, 5.74) is 2.84. The topological polar surface area (TPSA) is 82.1 Å². The third-order valence-electron chi connectivity index (χ3n) is 4.60. The van der Waals surface area contributed by atoms with E-state index in [0.717, 1.165) is 22.2 Å². The van der Waals surface area contributed by atoms with Crippen molar-refractivity contribution in [1.29, 1.82) is 0 Å². The average Bonchev–Trinajstić information content (AvgIpc) is 3.02. The van der Waals surface area contributed by atoms with Gasteiger partial charge >= 0.3 is 5.97 Å². The van der Waals surface area contributed by atoms with Gasteiger partial charge in [0.15, 0.2) is 11.5 Å². The van der Waals surface area contributed by atoms with E-state index in [1.807, 2.05) is 38.1 Å². The van der Waals surface area contributed by atoms with Crippen molar-refractivity contribution in [2.24, 2.45) is 0 Å². The molecular weight excluding hydrogens is 510 g/mol. The maximum absolute atomic E-state index is 12.6. The van der Waals surface area contributed by atoms with Gasteiger partial charge in [0.2, 0.25) is 0 Å². The van der Waals surface area contributed by atoms with Crippen LogP contribution in [0.1, 0.15) is 30.5 Å². The summed E-state index contributed by atoms with van der Waals surface area (Å²) in [6.07, 6.45) is 1.59. The summed E-state index contributed by atoms with van der Waals surface area (Å²) in [6.45, 7) is 6.11. The van der Waals surface area contributed by atoms with Crippen LogP contribution in [0.25, 0.3) is 6.08 Å². The minimum atomic E-state index is -0.627. The molecule has 0 radical (unpaired) electrons. The van der Waals surface area contributed by atoms with Crippen molar-refractivity contribution in [2.45, 2.75) is 27.4 Å². The Morgan fingerprint density at radius 1 is 1.09 bits per heavy atom. The molecule has 1 aliphatic rings. The molecule has 0 bridgehead atoms. The first-order valence-electron chi connectivity index (χ1n) is 10.4. The first-order chi connectivity index (χ1) is 15.8. The number of carbonyl (C=O) groups is 3. The summed E-state index contributed by atoms with van der Waals surface area (Å²) in [5.74, 6) is -0.106. The molecule has 0 saturated carbocycles. The molecule has 9 heteroatoms. The lowest BCUT2D eigenvalue weighted by atomic mass is 10.1. The summed E-state index contributed by atoms with van der Waals surface area (Å²) < 4.78 is 17.3. The molecule has 0 aliphatic carbocycles. The van der Waals surface area contributed by atoms with Crippen LogP contribution in [0.5, 0.6) is 11.5 Å². The van der Waals surface area contributed by atoms with E-state index in [1.54, 1.807) is 25.1 Å². The fourth-order valence-corrected chi connectivity index (χ4v) is 4.45. The molecule has 2 aromatic carbocycles. The van der Waals surface area contributed by atoms with Gasteiger partial charge in [0.25, 0.3) is 11.1 Å². The van der Waals surface area contributed by atoms with Crippen molar-refractivity contribution in [3.05, 3.63) is 62.5 Å². The lowest BCUT2D eigenvalue weighted by Crippen LogP contribution is -2.34. The highest BCUT2D eigenvalue weighted by Crippen LogP contribution is 2.39. The highest BCUT2D eigenvalue weighted by Gasteiger charge is 2.36. The molecule has 0 spiro atoms. The quantitative estimate of drug-likeness (QED) is 0.318. The second-order valence-electron chi connectivity index (χ2n) is 7.11. The molecule has 2 aromatic rings. The Balaban J connectivity index is 1.81. The number of nitrogens with zero attached hydrogens (tertiary/aromatic N) is 1. The molecule has 0 aromatic heterocycles. The van der Waals surface area contributed by atoms with Crippen molar-refractivity contribution < 1.29 is 28.6 Å². The van der Waals surface area contributed by atoms with Gasteiger partial charge in [-0.25, -0.2) is 0 Å². The number of benzene rings is 2. The Morgan fingerprint density at radius 2 is 1.82 bits per heavy atom. The van der Waals surface area contributed by atoms with E-state index in [4.69, 9.17) is 14.2 Å². The van der Waals surface area contributed by atoms with Gasteiger partial charge in [-0.05, 0) is 77.8 Å². The highest BCUT2D eigenvalue weighted by atomic mass is 79.9. The molecule has 2 amide bonds. The molecule has 0 unspecified atom stereocenters. The van der Waals surface area contributed by atoms with Crippen LogP contribution < -0.4 is 9.47 Å². The van der Waals surface area contributed by atoms with Gasteiger partial charge in [0.05, 0.1) is 22.6 Å². The summed E-state index contributed by atoms with van der Waals surface area (Å²) >= 11 is 4.30. The van der Waals surface area contributed by atoms with Gasteiger partial charge in [-0.2, -0.15) is 0 Å². The number of hydrogen-bond donors (Lipinski definition) is 0. The predicted molar refractivity (Wildman–Crippen MR) is 130 cm³/mol. The molecule has 0 N–H and O–H groups in total. The van der Waals surface area contributed by atoms with E-state index >= 15 is 0 Å². The van der Waals surface area contributed by atoms with Crippen LogP contribution >= 0.6 is 27.7 Å². The van der Waals surface area contributed by atoms with E-state index in [2.05, 4.69) is 15.9 Å². The number of carbonyl (C=O) groups excluding carboxylic acids is 3. The minimum absolute atomic E-state index is 0.178. The van der Waals surface area contributed by atoms with E-state index in [0.29, 0.717) is 34.7 Å². The van der Waals surface area contributed by atoms with Crippen LogP contribution in [0.15, 0.2) is 45.8 Å². The Kier molecular flexibility index (Phi) is 8.57. The maximum atomic E-state index is 12.6. The molecule has 3 rings (SSSR count). The van der Waals surface area contributed by atoms with Gasteiger partial charge < -0.3 is 14.2 Å². The van der Waals surface area contributed by atoms with E-state index in [1.165, 1.54) is 5.56 Å². The molecule has 1 saturated heterocycles. The lowest BCUT2D eigenvalue weighted by Gasteiger charge is -2.15. The van der Waals surface area contributed by atoms with Gasteiger partial charge in [-0.3, -0.25) is 19.3 Å². The largest absolute Gasteiger partial charge is 0.490 e. The van der Waals surface area contributed by atoms with Crippen molar-refractivity contribution in [3.8, 4) is 11.5 Å². The molecular formula is C24H24BrNO6S. The number of esters is 1. The monoisotopic (exact) mass is 533 g/mol. The first-order valence-corrected chi connectivity index (χ1v) is 12.0. The zero-order chi connectivity index (χ0) is 24.0. The van der Waals surface area contributed by atoms with Crippen LogP contribution in [0.2, 0.25) is 0 Å². The average molecular weight is 534 g/mol. The number of amides is 2. The number of ether oxygens (including phenoxy) is 3. The third kappa shape index (κ3) is 6.39. The molecule has 33 heavy (non-hydrogen) atoms. The maximum Gasteiger partial charge on any atom is 0.326 e. The summed E-state index contributed by atoms with van der Waals surface area (Å²) in [6, 6.07) is 11.6. The van der Waals surface area contributed by atoms with Gasteiger partial charge in [0.1, 0.15) is 13.2 Å². The highest BCUT2D eigenvalue weighted by molar-refractivity contribution is 9.10. The van der Waals surface area contributed by atoms with Gasteiger partial charge in [-0.15, -0.1) is 0 Å². The first kappa shape index (κ1) is 24.9.